The average Bonchev–Trinajstić information content (AvgIpc) is 3.30. The van der Waals surface area contributed by atoms with E-state index >= 15 is 0 Å². The van der Waals surface area contributed by atoms with E-state index in [0.29, 0.717) is 30.4 Å². The molecule has 0 bridgehead atoms. The van der Waals surface area contributed by atoms with Crippen LogP contribution in [0.25, 0.3) is 11.3 Å². The zero-order chi connectivity index (χ0) is 21.8. The molecule has 0 aliphatic carbocycles. The largest absolute Gasteiger partial charge is 0.497 e. The van der Waals surface area contributed by atoms with Crippen molar-refractivity contribution in [2.45, 2.75) is 25.7 Å². The molecule has 0 radical (unpaired) electrons. The third-order valence-electron chi connectivity index (χ3n) is 5.78. The molecule has 31 heavy (non-hydrogen) atoms. The van der Waals surface area contributed by atoms with Crippen molar-refractivity contribution in [2.24, 2.45) is 0 Å². The van der Waals surface area contributed by atoms with E-state index in [-0.39, 0.29) is 6.03 Å². The Bertz CT molecular complexity index is 1050. The third-order valence-corrected chi connectivity index (χ3v) is 5.78. The second-order valence-corrected chi connectivity index (χ2v) is 7.84. The van der Waals surface area contributed by atoms with Crippen molar-refractivity contribution < 1.29 is 14.3 Å². The van der Waals surface area contributed by atoms with Gasteiger partial charge in [-0.05, 0) is 55.7 Å². The smallest absolute Gasteiger partial charge is 0.321 e. The molecule has 0 unspecified atom stereocenters. The van der Waals surface area contributed by atoms with Crippen molar-refractivity contribution in [3.8, 4) is 22.8 Å². The fraction of sp³-hybridized carbons (Fsp3) is 0.333. The molecule has 1 fully saturated rings. The van der Waals surface area contributed by atoms with Gasteiger partial charge >= 0.3 is 6.03 Å². The number of hydrogen-bond donors (Lipinski definition) is 2. The summed E-state index contributed by atoms with van der Waals surface area (Å²) in [6, 6.07) is 15.7. The number of aromatic nitrogens is 2. The number of H-pyrrole nitrogens is 1. The van der Waals surface area contributed by atoms with Crippen molar-refractivity contribution in [3.63, 3.8) is 0 Å². The predicted octanol–water partition coefficient (Wildman–Crippen LogP) is 4.81. The number of benzene rings is 2. The van der Waals surface area contributed by atoms with Gasteiger partial charge in [-0.1, -0.05) is 18.2 Å². The summed E-state index contributed by atoms with van der Waals surface area (Å²) in [7, 11) is 3.27. The van der Waals surface area contributed by atoms with Gasteiger partial charge in [0.15, 0.2) is 0 Å². The van der Waals surface area contributed by atoms with Gasteiger partial charge in [-0.3, -0.25) is 5.10 Å². The van der Waals surface area contributed by atoms with E-state index in [1.165, 1.54) is 0 Å². The van der Waals surface area contributed by atoms with Crippen molar-refractivity contribution in [1.82, 2.24) is 15.1 Å². The van der Waals surface area contributed by atoms with Crippen molar-refractivity contribution in [3.05, 3.63) is 59.8 Å². The first kappa shape index (κ1) is 20.8. The number of nitrogens with one attached hydrogen (secondary N) is 2. The summed E-state index contributed by atoms with van der Waals surface area (Å²) in [4.78, 5) is 14.6. The number of anilines is 1. The lowest BCUT2D eigenvalue weighted by Crippen LogP contribution is -2.40. The van der Waals surface area contributed by atoms with Crippen LogP contribution in [0.2, 0.25) is 0 Å². The minimum Gasteiger partial charge on any atom is -0.497 e. The second-order valence-electron chi connectivity index (χ2n) is 7.84. The summed E-state index contributed by atoms with van der Waals surface area (Å²) < 4.78 is 10.7. The summed E-state index contributed by atoms with van der Waals surface area (Å²) in [5.74, 6) is 1.83. The molecule has 4 rings (SSSR count). The zero-order valence-electron chi connectivity index (χ0n) is 18.1. The van der Waals surface area contributed by atoms with Crippen LogP contribution in [0.3, 0.4) is 0 Å². The molecule has 2 heterocycles. The van der Waals surface area contributed by atoms with Crippen molar-refractivity contribution >= 4 is 11.7 Å². The van der Waals surface area contributed by atoms with Crippen molar-refractivity contribution in [1.29, 1.82) is 0 Å². The first-order chi connectivity index (χ1) is 15.1. The highest BCUT2D eigenvalue weighted by atomic mass is 16.5. The normalized spacial score (nSPS) is 14.4. The lowest BCUT2D eigenvalue weighted by Gasteiger charge is -2.31. The van der Waals surface area contributed by atoms with Crippen LogP contribution in [0.5, 0.6) is 11.5 Å². The van der Waals surface area contributed by atoms with Gasteiger partial charge in [0.05, 0.1) is 25.6 Å². The number of ether oxygens (including phenoxy) is 2. The van der Waals surface area contributed by atoms with Gasteiger partial charge in [-0.2, -0.15) is 5.10 Å². The molecule has 1 aromatic heterocycles. The van der Waals surface area contributed by atoms with Crippen LogP contribution < -0.4 is 14.8 Å². The van der Waals surface area contributed by atoms with E-state index < -0.39 is 0 Å². The van der Waals surface area contributed by atoms with E-state index in [1.54, 1.807) is 14.2 Å². The summed E-state index contributed by atoms with van der Waals surface area (Å²) in [6.07, 6.45) is 1.77. The maximum Gasteiger partial charge on any atom is 0.321 e. The zero-order valence-corrected chi connectivity index (χ0v) is 18.1. The Morgan fingerprint density at radius 1 is 1.10 bits per heavy atom. The molecular weight excluding hydrogens is 392 g/mol. The average molecular weight is 421 g/mol. The Kier molecular flexibility index (Phi) is 6.11. The maximum absolute atomic E-state index is 12.8. The van der Waals surface area contributed by atoms with Gasteiger partial charge < -0.3 is 19.7 Å². The van der Waals surface area contributed by atoms with Crippen LogP contribution in [0.1, 0.15) is 30.0 Å². The Morgan fingerprint density at radius 3 is 2.65 bits per heavy atom. The van der Waals surface area contributed by atoms with Crippen LogP contribution in [0.4, 0.5) is 10.5 Å². The lowest BCUT2D eigenvalue weighted by atomic mass is 9.93. The highest BCUT2D eigenvalue weighted by molar-refractivity contribution is 5.91. The molecule has 0 atom stereocenters. The number of methoxy groups -OCH3 is 2. The van der Waals surface area contributed by atoms with Gasteiger partial charge in [0.1, 0.15) is 11.5 Å². The van der Waals surface area contributed by atoms with E-state index in [0.717, 1.165) is 41.1 Å². The van der Waals surface area contributed by atoms with E-state index in [1.807, 2.05) is 54.3 Å². The van der Waals surface area contributed by atoms with E-state index in [4.69, 9.17) is 9.47 Å². The number of nitrogens with zero attached hydrogens (tertiary/aromatic N) is 2. The second kappa shape index (κ2) is 9.12. The van der Waals surface area contributed by atoms with Gasteiger partial charge in [-0.25, -0.2) is 4.79 Å². The lowest BCUT2D eigenvalue weighted by molar-refractivity contribution is 0.194. The first-order valence-corrected chi connectivity index (χ1v) is 10.5. The Morgan fingerprint density at radius 2 is 1.90 bits per heavy atom. The number of carbonyl (C=O) groups is 1. The molecule has 1 saturated heterocycles. The highest BCUT2D eigenvalue weighted by Gasteiger charge is 2.25. The molecule has 0 saturated carbocycles. The van der Waals surface area contributed by atoms with Crippen LogP contribution in [0.15, 0.2) is 48.5 Å². The number of rotatable bonds is 5. The standard InChI is InChI=1S/C24H28N4O3/c1-16-7-8-23(31-3)22(13-16)25-24(29)28-11-9-17(10-12-28)20-15-21(27-26-20)18-5-4-6-19(14-18)30-2/h4-8,13-15,17H,9-12H2,1-3H3,(H,25,29)(H,26,27). The van der Waals surface area contributed by atoms with E-state index in [9.17, 15) is 4.79 Å². The maximum atomic E-state index is 12.8. The summed E-state index contributed by atoms with van der Waals surface area (Å²) in [5, 5.41) is 10.7. The summed E-state index contributed by atoms with van der Waals surface area (Å²) in [5.41, 5.74) is 4.80. The number of hydrogen-bond acceptors (Lipinski definition) is 4. The monoisotopic (exact) mass is 420 g/mol. The fourth-order valence-corrected chi connectivity index (χ4v) is 3.98. The molecule has 2 aromatic carbocycles. The van der Waals surface area contributed by atoms with Gasteiger partial charge in [0.2, 0.25) is 0 Å². The molecule has 3 aromatic rings. The van der Waals surface area contributed by atoms with Crippen LogP contribution in [-0.2, 0) is 0 Å². The van der Waals surface area contributed by atoms with Crippen LogP contribution >= 0.6 is 0 Å². The number of amides is 2. The Hall–Kier alpha value is -3.48. The number of aromatic amines is 1. The molecule has 0 spiro atoms. The molecular formula is C24H28N4O3. The summed E-state index contributed by atoms with van der Waals surface area (Å²) in [6.45, 7) is 3.38. The minimum absolute atomic E-state index is 0.0935. The van der Waals surface area contributed by atoms with Crippen LogP contribution in [-0.4, -0.2) is 48.4 Å². The van der Waals surface area contributed by atoms with E-state index in [2.05, 4.69) is 21.6 Å². The number of aryl methyl sites for hydroxylation is 1. The van der Waals surface area contributed by atoms with Crippen molar-refractivity contribution in [2.75, 3.05) is 32.6 Å². The topological polar surface area (TPSA) is 79.5 Å². The molecule has 2 amide bonds. The highest BCUT2D eigenvalue weighted by Crippen LogP contribution is 2.31. The molecule has 2 N–H and O–H groups in total. The number of urea groups is 1. The SMILES string of the molecule is COc1cccc(-c2cc(C3CCN(C(=O)Nc4cc(C)ccc4OC)CC3)[nH]n2)c1. The van der Waals surface area contributed by atoms with Gasteiger partial charge in [0.25, 0.3) is 0 Å². The third kappa shape index (κ3) is 4.66. The minimum atomic E-state index is -0.0935. The van der Waals surface area contributed by atoms with Gasteiger partial charge in [0, 0.05) is 30.3 Å². The quantitative estimate of drug-likeness (QED) is 0.621. The number of carbonyl (C=O) groups excluding carboxylic acids is 1. The molecule has 1 aliphatic heterocycles. The fourth-order valence-electron chi connectivity index (χ4n) is 3.98. The molecule has 7 heteroatoms. The van der Waals surface area contributed by atoms with Crippen LogP contribution in [0, 0.1) is 6.92 Å². The first-order valence-electron chi connectivity index (χ1n) is 10.5. The van der Waals surface area contributed by atoms with Gasteiger partial charge in [-0.15, -0.1) is 0 Å². The summed E-state index contributed by atoms with van der Waals surface area (Å²) >= 11 is 0. The number of likely N-dealkylation sites (tertiary alicyclic amines) is 1. The predicted molar refractivity (Wildman–Crippen MR) is 121 cm³/mol. The molecule has 162 valence electrons. The number of piperidine rings is 1. The molecule has 1 aliphatic rings. The Balaban J connectivity index is 1.37. The molecule has 7 nitrogen and oxygen atoms in total. The Labute approximate surface area is 182 Å².